The summed E-state index contributed by atoms with van der Waals surface area (Å²) in [6.45, 7) is 0. The largest absolute Gasteiger partial charge is 0.192 e. The Bertz CT molecular complexity index is 3390. The van der Waals surface area contributed by atoms with Gasteiger partial charge in [-0.05, 0) is 100 Å². The maximum absolute atomic E-state index is 10.4. The molecule has 0 atom stereocenters. The van der Waals surface area contributed by atoms with Crippen LogP contribution >= 0.6 is 0 Å². The maximum Gasteiger partial charge on any atom is 0.101 e. The van der Waals surface area contributed by atoms with Crippen molar-refractivity contribution in [3.05, 3.63) is 357 Å². The zero-order chi connectivity index (χ0) is 50.3. The molecule has 0 bridgehead atoms. The number of hydrogen-bond acceptors (Lipinski definition) is 2. The minimum absolute atomic E-state index is 0.334. The fraction of sp³-hybridized carbons (Fsp3) is 0. The van der Waals surface area contributed by atoms with Crippen molar-refractivity contribution in [3.8, 4) is 12.1 Å². The summed E-state index contributed by atoms with van der Waals surface area (Å²) in [5.41, 5.74) is 20.0. The second-order valence-electron chi connectivity index (χ2n) is 17.8. The average molecular weight is 943 g/mol. The molecule has 10 rings (SSSR count). The molecule has 0 aliphatic heterocycles. The molecule has 0 aliphatic rings. The van der Waals surface area contributed by atoms with Gasteiger partial charge >= 0.3 is 0 Å². The Morgan fingerprint density at radius 3 is 0.541 bits per heavy atom. The van der Waals surface area contributed by atoms with Crippen LogP contribution in [0.25, 0.3) is 57.7 Å². The van der Waals surface area contributed by atoms with Crippen LogP contribution in [0.5, 0.6) is 0 Å². The Kier molecular flexibility index (Phi) is 14.9. The van der Waals surface area contributed by atoms with E-state index in [2.05, 4.69) is 267 Å². The van der Waals surface area contributed by atoms with Gasteiger partial charge in [0.2, 0.25) is 0 Å². The lowest BCUT2D eigenvalue weighted by Crippen LogP contribution is -1.97. The molecule has 0 heterocycles. The zero-order valence-corrected chi connectivity index (χ0v) is 40.8. The first-order chi connectivity index (χ1) is 36.6. The van der Waals surface area contributed by atoms with Crippen LogP contribution < -0.4 is 0 Å². The molecule has 2 nitrogen and oxygen atoms in total. The molecule has 0 aliphatic carbocycles. The molecule has 74 heavy (non-hydrogen) atoms. The van der Waals surface area contributed by atoms with Crippen LogP contribution in [0, 0.1) is 22.7 Å². The van der Waals surface area contributed by atoms with Gasteiger partial charge in [0, 0.05) is 0 Å². The molecule has 0 unspecified atom stereocenters. The Balaban J connectivity index is 0.857. The van der Waals surface area contributed by atoms with Crippen LogP contribution in [-0.2, 0) is 0 Å². The first kappa shape index (κ1) is 47.6. The summed E-state index contributed by atoms with van der Waals surface area (Å²) in [6.07, 6.45) is 8.34. The van der Waals surface area contributed by atoms with Gasteiger partial charge in [-0.25, -0.2) is 0 Å². The highest BCUT2D eigenvalue weighted by Crippen LogP contribution is 2.39. The van der Waals surface area contributed by atoms with E-state index in [1.807, 2.05) is 48.5 Å². The van der Waals surface area contributed by atoms with Crippen molar-refractivity contribution < 1.29 is 0 Å². The lowest BCUT2D eigenvalue weighted by molar-refractivity contribution is 1.49. The molecule has 0 saturated carbocycles. The molecule has 348 valence electrons. The summed E-state index contributed by atoms with van der Waals surface area (Å²) >= 11 is 0. The lowest BCUT2D eigenvalue weighted by atomic mass is 9.85. The first-order valence-electron chi connectivity index (χ1n) is 24.8. The summed E-state index contributed by atoms with van der Waals surface area (Å²) in [5, 5.41) is 20.8. The number of nitrogens with zero attached hydrogens (tertiary/aromatic N) is 2. The minimum Gasteiger partial charge on any atom is -0.192 e. The van der Waals surface area contributed by atoms with Crippen molar-refractivity contribution in [2.24, 2.45) is 0 Å². The maximum atomic E-state index is 10.4. The Hall–Kier alpha value is -10.1. The van der Waals surface area contributed by atoms with Gasteiger partial charge in [-0.2, -0.15) is 10.5 Å². The molecule has 0 N–H and O–H groups in total. The van der Waals surface area contributed by atoms with Gasteiger partial charge in [0.05, 0.1) is 11.1 Å². The van der Waals surface area contributed by atoms with Crippen molar-refractivity contribution in [3.63, 3.8) is 0 Å². The fourth-order valence-corrected chi connectivity index (χ4v) is 9.41. The lowest BCUT2D eigenvalue weighted by Gasteiger charge is -2.18. The summed E-state index contributed by atoms with van der Waals surface area (Å²) < 4.78 is 0. The highest BCUT2D eigenvalue weighted by Gasteiger charge is 2.18. The molecular weight excluding hydrogens is 893 g/mol. The van der Waals surface area contributed by atoms with E-state index < -0.39 is 0 Å². The Labute approximate surface area is 435 Å². The summed E-state index contributed by atoms with van der Waals surface area (Å²) in [4.78, 5) is 0. The highest BCUT2D eigenvalue weighted by atomic mass is 14.3. The van der Waals surface area contributed by atoms with E-state index >= 15 is 0 Å². The smallest absolute Gasteiger partial charge is 0.101 e. The molecule has 0 aromatic heterocycles. The van der Waals surface area contributed by atoms with E-state index in [1.54, 1.807) is 0 Å². The van der Waals surface area contributed by atoms with Crippen LogP contribution in [0.3, 0.4) is 0 Å². The molecule has 0 fully saturated rings. The molecule has 0 spiro atoms. The van der Waals surface area contributed by atoms with Gasteiger partial charge in [-0.3, -0.25) is 0 Å². The third-order valence-electron chi connectivity index (χ3n) is 13.1. The minimum atomic E-state index is 0.334. The van der Waals surface area contributed by atoms with Gasteiger partial charge in [-0.15, -0.1) is 0 Å². The predicted octanol–water partition coefficient (Wildman–Crippen LogP) is 18.0. The molecule has 10 aromatic carbocycles. The second kappa shape index (κ2) is 23.2. The van der Waals surface area contributed by atoms with Crippen molar-refractivity contribution >= 4 is 57.7 Å². The normalized spacial score (nSPS) is 11.3. The highest BCUT2D eigenvalue weighted by molar-refractivity contribution is 6.06. The standard InChI is InChI=1S/C72H50N2/c73-51-67(57-43-35-53(36-44-57)31-33-55-39-47-65(48-40-55)71(63-27-15-5-16-28-63)69(59-19-7-1-8-20-59)60-21-9-2-10-22-60)68(52-74)58-45-37-54(38-46-58)32-34-56-41-49-66(50-42-56)72(64-29-17-6-18-30-64)70(61-23-11-3-12-24-61)62-25-13-4-14-26-62/h1-50H/b33-31+,34-32+,68-67+. The molecular formula is C72H50N2. The van der Waals surface area contributed by atoms with Crippen LogP contribution in [0.1, 0.15) is 77.9 Å². The van der Waals surface area contributed by atoms with Gasteiger partial charge in [0.1, 0.15) is 12.1 Å². The van der Waals surface area contributed by atoms with E-state index in [1.165, 1.54) is 22.3 Å². The third kappa shape index (κ3) is 11.1. The SMILES string of the molecule is N#C/C(=C(/C#N)c1ccc(/C=C/c2ccc(C(=C(c3ccccc3)c3ccccc3)c3ccccc3)cc2)cc1)c1ccc(/C=C/c2ccc(C(=C(c3ccccc3)c3ccccc3)c3ccccc3)cc2)cc1. The summed E-state index contributed by atoms with van der Waals surface area (Å²) in [7, 11) is 0. The molecule has 0 saturated heterocycles. The number of nitriles is 2. The van der Waals surface area contributed by atoms with Gasteiger partial charge in [-0.1, -0.05) is 303 Å². The van der Waals surface area contributed by atoms with E-state index in [0.717, 1.165) is 66.8 Å². The van der Waals surface area contributed by atoms with Crippen molar-refractivity contribution in [1.29, 1.82) is 10.5 Å². The number of allylic oxidation sites excluding steroid dienone is 2. The Morgan fingerprint density at radius 1 is 0.203 bits per heavy atom. The van der Waals surface area contributed by atoms with Crippen molar-refractivity contribution in [1.82, 2.24) is 0 Å². The van der Waals surface area contributed by atoms with Crippen LogP contribution in [-0.4, -0.2) is 0 Å². The van der Waals surface area contributed by atoms with Gasteiger partial charge < -0.3 is 0 Å². The quantitative estimate of drug-likeness (QED) is 0.0805. The topological polar surface area (TPSA) is 47.6 Å². The fourth-order valence-electron chi connectivity index (χ4n) is 9.41. The number of hydrogen-bond donors (Lipinski definition) is 0. The second-order valence-corrected chi connectivity index (χ2v) is 17.8. The van der Waals surface area contributed by atoms with E-state index in [4.69, 9.17) is 0 Å². The third-order valence-corrected chi connectivity index (χ3v) is 13.1. The van der Waals surface area contributed by atoms with Crippen molar-refractivity contribution in [2.45, 2.75) is 0 Å². The zero-order valence-electron chi connectivity index (χ0n) is 40.8. The first-order valence-corrected chi connectivity index (χ1v) is 24.8. The van der Waals surface area contributed by atoms with Crippen LogP contribution in [0.15, 0.2) is 279 Å². The molecule has 2 heteroatoms. The van der Waals surface area contributed by atoms with E-state index in [-0.39, 0.29) is 0 Å². The van der Waals surface area contributed by atoms with E-state index in [9.17, 15) is 10.5 Å². The summed E-state index contributed by atoms with van der Waals surface area (Å²) in [5.74, 6) is 0. The van der Waals surface area contributed by atoms with Gasteiger partial charge in [0.25, 0.3) is 0 Å². The average Bonchev–Trinajstić information content (AvgIpc) is 3.48. The van der Waals surface area contributed by atoms with Crippen LogP contribution in [0.2, 0.25) is 0 Å². The molecule has 0 amide bonds. The predicted molar refractivity (Wildman–Crippen MR) is 310 cm³/mol. The number of benzene rings is 10. The molecule has 0 radical (unpaired) electrons. The monoisotopic (exact) mass is 942 g/mol. The van der Waals surface area contributed by atoms with Crippen molar-refractivity contribution in [2.75, 3.05) is 0 Å². The summed E-state index contributed by atoms with van der Waals surface area (Å²) in [6, 6.07) is 101. The Morgan fingerprint density at radius 2 is 0.365 bits per heavy atom. The number of rotatable bonds is 14. The molecule has 10 aromatic rings. The van der Waals surface area contributed by atoms with Crippen LogP contribution in [0.4, 0.5) is 0 Å². The van der Waals surface area contributed by atoms with E-state index in [0.29, 0.717) is 22.3 Å². The van der Waals surface area contributed by atoms with Gasteiger partial charge in [0.15, 0.2) is 0 Å².